The third-order valence-electron chi connectivity index (χ3n) is 3.23. The summed E-state index contributed by atoms with van der Waals surface area (Å²) in [5, 5.41) is 19.1. The molecule has 1 saturated carbocycles. The minimum absolute atomic E-state index is 0.292. The van der Waals surface area contributed by atoms with Crippen molar-refractivity contribution in [1.82, 2.24) is 19.6 Å². The van der Waals surface area contributed by atoms with Gasteiger partial charge in [-0.2, -0.15) is 5.10 Å². The van der Waals surface area contributed by atoms with E-state index >= 15 is 0 Å². The van der Waals surface area contributed by atoms with E-state index in [1.807, 2.05) is 0 Å². The highest BCUT2D eigenvalue weighted by atomic mass is 16.3. The molecule has 96 valence electrons. The number of aromatic amines is 1. The number of nitrogens with zero attached hydrogens (tertiary/aromatic N) is 3. The lowest BCUT2D eigenvalue weighted by atomic mass is 10.2. The van der Waals surface area contributed by atoms with Crippen LogP contribution in [-0.2, 0) is 0 Å². The highest BCUT2D eigenvalue weighted by Crippen LogP contribution is 2.32. The standard InChI is InChI=1S/C11H15N5O2/c1-6-13-9(12-5-8(17)7-2-3-7)4-10-14-15-11(18)16(6)10/h4,7-8,12,17H,2-3,5H2,1H3,(H,15,18). The average Bonchev–Trinajstić information content (AvgIpc) is 3.11. The van der Waals surface area contributed by atoms with Gasteiger partial charge in [0.25, 0.3) is 0 Å². The Labute approximate surface area is 103 Å². The van der Waals surface area contributed by atoms with Crippen LogP contribution in [0, 0.1) is 12.8 Å². The number of aliphatic hydroxyl groups is 1. The molecule has 1 aliphatic carbocycles. The van der Waals surface area contributed by atoms with E-state index in [4.69, 9.17) is 0 Å². The number of hydrogen-bond donors (Lipinski definition) is 3. The van der Waals surface area contributed by atoms with Gasteiger partial charge >= 0.3 is 5.69 Å². The summed E-state index contributed by atoms with van der Waals surface area (Å²) in [7, 11) is 0. The Balaban J connectivity index is 1.81. The molecule has 0 radical (unpaired) electrons. The summed E-state index contributed by atoms with van der Waals surface area (Å²) in [5.41, 5.74) is 0.232. The van der Waals surface area contributed by atoms with Crippen LogP contribution >= 0.6 is 0 Å². The maximum Gasteiger partial charge on any atom is 0.349 e. The molecule has 18 heavy (non-hydrogen) atoms. The minimum Gasteiger partial charge on any atom is -0.391 e. The molecule has 0 amide bonds. The van der Waals surface area contributed by atoms with E-state index in [1.54, 1.807) is 13.0 Å². The van der Waals surface area contributed by atoms with Crippen LogP contribution in [0.25, 0.3) is 5.65 Å². The number of anilines is 1. The summed E-state index contributed by atoms with van der Waals surface area (Å²) in [5.74, 6) is 1.61. The Morgan fingerprint density at radius 1 is 1.67 bits per heavy atom. The summed E-state index contributed by atoms with van der Waals surface area (Å²) >= 11 is 0. The Morgan fingerprint density at radius 3 is 3.17 bits per heavy atom. The number of hydrogen-bond acceptors (Lipinski definition) is 5. The zero-order valence-corrected chi connectivity index (χ0v) is 10.1. The van der Waals surface area contributed by atoms with Gasteiger partial charge in [0.15, 0.2) is 5.65 Å². The van der Waals surface area contributed by atoms with Crippen molar-refractivity contribution in [2.45, 2.75) is 25.9 Å². The van der Waals surface area contributed by atoms with Crippen molar-refractivity contribution >= 4 is 11.5 Å². The molecule has 1 aliphatic rings. The van der Waals surface area contributed by atoms with Gasteiger partial charge in [-0.3, -0.25) is 0 Å². The van der Waals surface area contributed by atoms with Crippen molar-refractivity contribution in [3.8, 4) is 0 Å². The molecule has 7 nitrogen and oxygen atoms in total. The van der Waals surface area contributed by atoms with Gasteiger partial charge in [-0.15, -0.1) is 0 Å². The highest BCUT2D eigenvalue weighted by Gasteiger charge is 2.29. The van der Waals surface area contributed by atoms with E-state index in [0.717, 1.165) is 12.8 Å². The summed E-state index contributed by atoms with van der Waals surface area (Å²) in [6.45, 7) is 2.22. The number of rotatable bonds is 4. The average molecular weight is 249 g/mol. The van der Waals surface area contributed by atoms with E-state index < -0.39 is 0 Å². The smallest absolute Gasteiger partial charge is 0.349 e. The van der Waals surface area contributed by atoms with Crippen molar-refractivity contribution in [2.75, 3.05) is 11.9 Å². The van der Waals surface area contributed by atoms with Crippen molar-refractivity contribution in [3.05, 3.63) is 22.4 Å². The summed E-state index contributed by atoms with van der Waals surface area (Å²) in [6, 6.07) is 1.69. The van der Waals surface area contributed by atoms with Gasteiger partial charge < -0.3 is 10.4 Å². The molecule has 7 heteroatoms. The van der Waals surface area contributed by atoms with Gasteiger partial charge in [0.1, 0.15) is 11.6 Å². The molecule has 2 heterocycles. The first-order chi connectivity index (χ1) is 8.65. The third-order valence-corrected chi connectivity index (χ3v) is 3.23. The molecule has 3 rings (SSSR count). The van der Waals surface area contributed by atoms with Crippen molar-refractivity contribution in [3.63, 3.8) is 0 Å². The number of nitrogens with one attached hydrogen (secondary N) is 2. The zero-order valence-electron chi connectivity index (χ0n) is 10.1. The quantitative estimate of drug-likeness (QED) is 0.703. The highest BCUT2D eigenvalue weighted by molar-refractivity contribution is 5.49. The largest absolute Gasteiger partial charge is 0.391 e. The van der Waals surface area contributed by atoms with Gasteiger partial charge in [-0.1, -0.05) is 0 Å². The van der Waals surface area contributed by atoms with Crippen LogP contribution in [0.4, 0.5) is 5.82 Å². The van der Waals surface area contributed by atoms with Crippen LogP contribution in [0.15, 0.2) is 10.9 Å². The molecule has 0 aromatic carbocycles. The molecule has 2 aromatic rings. The fourth-order valence-electron chi connectivity index (χ4n) is 2.04. The third kappa shape index (κ3) is 1.97. The van der Waals surface area contributed by atoms with E-state index in [-0.39, 0.29) is 11.8 Å². The SMILES string of the molecule is Cc1nc(NCC(O)C2CC2)cc2n[nH]c(=O)n12. The summed E-state index contributed by atoms with van der Waals surface area (Å²) in [4.78, 5) is 15.7. The topological polar surface area (TPSA) is 95.3 Å². The second kappa shape index (κ2) is 4.09. The zero-order chi connectivity index (χ0) is 12.7. The number of aryl methyl sites for hydroxylation is 1. The summed E-state index contributed by atoms with van der Waals surface area (Å²) < 4.78 is 1.41. The normalized spacial score (nSPS) is 17.0. The number of aliphatic hydroxyl groups excluding tert-OH is 1. The molecule has 2 aromatic heterocycles. The minimum atomic E-state index is -0.329. The molecule has 0 saturated heterocycles. The molecular weight excluding hydrogens is 234 g/mol. The number of aromatic nitrogens is 4. The van der Waals surface area contributed by atoms with E-state index in [2.05, 4.69) is 20.5 Å². The fraction of sp³-hybridized carbons (Fsp3) is 0.545. The number of fused-ring (bicyclic) bond motifs is 1. The molecule has 3 N–H and O–H groups in total. The molecule has 0 aliphatic heterocycles. The van der Waals surface area contributed by atoms with Crippen LogP contribution in [0.5, 0.6) is 0 Å². The van der Waals surface area contributed by atoms with Crippen molar-refractivity contribution < 1.29 is 5.11 Å². The van der Waals surface area contributed by atoms with Gasteiger partial charge in [0.2, 0.25) is 0 Å². The molecule has 1 atom stereocenters. The first-order valence-electron chi connectivity index (χ1n) is 6.02. The van der Waals surface area contributed by atoms with Gasteiger partial charge in [0.05, 0.1) is 6.10 Å². The predicted octanol–water partition coefficient (Wildman–Crippen LogP) is -0.0912. The van der Waals surface area contributed by atoms with Crippen LogP contribution in [0.1, 0.15) is 18.7 Å². The van der Waals surface area contributed by atoms with E-state index in [1.165, 1.54) is 4.40 Å². The van der Waals surface area contributed by atoms with Crippen LogP contribution in [-0.4, -0.2) is 37.3 Å². The van der Waals surface area contributed by atoms with Crippen LogP contribution in [0.2, 0.25) is 0 Å². The Kier molecular flexibility index (Phi) is 2.55. The van der Waals surface area contributed by atoms with Crippen molar-refractivity contribution in [2.24, 2.45) is 5.92 Å². The monoisotopic (exact) mass is 249 g/mol. The maximum absolute atomic E-state index is 11.4. The molecule has 1 unspecified atom stereocenters. The van der Waals surface area contributed by atoms with Gasteiger partial charge in [-0.05, 0) is 25.7 Å². The van der Waals surface area contributed by atoms with Crippen molar-refractivity contribution in [1.29, 1.82) is 0 Å². The van der Waals surface area contributed by atoms with Gasteiger partial charge in [-0.25, -0.2) is 19.3 Å². The number of H-pyrrole nitrogens is 1. The fourth-order valence-corrected chi connectivity index (χ4v) is 2.04. The lowest BCUT2D eigenvalue weighted by Crippen LogP contribution is -2.22. The maximum atomic E-state index is 11.4. The second-order valence-corrected chi connectivity index (χ2v) is 4.70. The molecule has 1 fully saturated rings. The Bertz CT molecular complexity index is 628. The van der Waals surface area contributed by atoms with Crippen LogP contribution < -0.4 is 11.0 Å². The van der Waals surface area contributed by atoms with E-state index in [0.29, 0.717) is 29.8 Å². The second-order valence-electron chi connectivity index (χ2n) is 4.70. The van der Waals surface area contributed by atoms with E-state index in [9.17, 15) is 9.90 Å². The Hall–Kier alpha value is -1.89. The lowest BCUT2D eigenvalue weighted by Gasteiger charge is -2.11. The van der Waals surface area contributed by atoms with Gasteiger partial charge in [0, 0.05) is 12.6 Å². The lowest BCUT2D eigenvalue weighted by molar-refractivity contribution is 0.164. The first kappa shape index (κ1) is 11.2. The Morgan fingerprint density at radius 2 is 2.44 bits per heavy atom. The first-order valence-corrected chi connectivity index (χ1v) is 6.02. The molecule has 0 bridgehead atoms. The molecular formula is C11H15N5O2. The summed E-state index contributed by atoms with van der Waals surface area (Å²) in [6.07, 6.45) is 1.87. The molecule has 0 spiro atoms. The predicted molar refractivity (Wildman–Crippen MR) is 65.6 cm³/mol. The van der Waals surface area contributed by atoms with Crippen LogP contribution in [0.3, 0.4) is 0 Å².